The van der Waals surface area contributed by atoms with Gasteiger partial charge in [0.25, 0.3) is 5.91 Å². The highest BCUT2D eigenvalue weighted by Crippen LogP contribution is 2.17. The second kappa shape index (κ2) is 7.49. The van der Waals surface area contributed by atoms with Crippen molar-refractivity contribution in [1.82, 2.24) is 14.5 Å². The van der Waals surface area contributed by atoms with Gasteiger partial charge in [-0.05, 0) is 30.7 Å². The first-order valence-corrected chi connectivity index (χ1v) is 8.36. The molecule has 130 valence electrons. The quantitative estimate of drug-likeness (QED) is 0.649. The van der Waals surface area contributed by atoms with Gasteiger partial charge in [0, 0.05) is 26.2 Å². The number of rotatable bonds is 6. The number of benzene rings is 2. The minimum Gasteiger partial charge on any atom is -0.375 e. The minimum atomic E-state index is -0.0101. The van der Waals surface area contributed by atoms with Gasteiger partial charge in [-0.15, -0.1) is 0 Å². The summed E-state index contributed by atoms with van der Waals surface area (Å²) in [5.41, 5.74) is 3.68. The van der Waals surface area contributed by atoms with Crippen molar-refractivity contribution in [2.24, 2.45) is 7.05 Å². The van der Waals surface area contributed by atoms with E-state index in [4.69, 9.17) is 4.74 Å². The molecule has 25 heavy (non-hydrogen) atoms. The summed E-state index contributed by atoms with van der Waals surface area (Å²) in [6.07, 6.45) is 0. The van der Waals surface area contributed by atoms with E-state index in [1.807, 2.05) is 67.1 Å². The van der Waals surface area contributed by atoms with Crippen LogP contribution in [0.1, 0.15) is 21.7 Å². The SMILES string of the molecule is Cc1nc2ccc(C(=O)N(C)CCOCc3ccccc3)cc2n1C. The first kappa shape index (κ1) is 17.2. The highest BCUT2D eigenvalue weighted by atomic mass is 16.5. The number of ether oxygens (including phenoxy) is 1. The van der Waals surface area contributed by atoms with E-state index in [2.05, 4.69) is 4.98 Å². The first-order valence-electron chi connectivity index (χ1n) is 8.36. The third-order valence-corrected chi connectivity index (χ3v) is 4.38. The lowest BCUT2D eigenvalue weighted by molar-refractivity contribution is 0.0671. The van der Waals surface area contributed by atoms with Gasteiger partial charge in [0.05, 0.1) is 24.2 Å². The molecule has 0 saturated heterocycles. The second-order valence-corrected chi connectivity index (χ2v) is 6.19. The molecule has 0 bridgehead atoms. The van der Waals surface area contributed by atoms with Crippen LogP contribution < -0.4 is 0 Å². The van der Waals surface area contributed by atoms with Crippen LogP contribution in [0.15, 0.2) is 48.5 Å². The summed E-state index contributed by atoms with van der Waals surface area (Å²) in [4.78, 5) is 18.8. The Morgan fingerprint density at radius 3 is 2.72 bits per heavy atom. The van der Waals surface area contributed by atoms with Crippen LogP contribution >= 0.6 is 0 Å². The Bertz CT molecular complexity index is 871. The summed E-state index contributed by atoms with van der Waals surface area (Å²) >= 11 is 0. The lowest BCUT2D eigenvalue weighted by Crippen LogP contribution is -2.30. The average molecular weight is 337 g/mol. The Morgan fingerprint density at radius 1 is 1.20 bits per heavy atom. The van der Waals surface area contributed by atoms with Crippen LogP contribution in [0.2, 0.25) is 0 Å². The molecule has 0 aliphatic carbocycles. The number of carbonyl (C=O) groups is 1. The fourth-order valence-corrected chi connectivity index (χ4v) is 2.73. The molecule has 0 unspecified atom stereocenters. The number of nitrogens with zero attached hydrogens (tertiary/aromatic N) is 3. The van der Waals surface area contributed by atoms with E-state index in [-0.39, 0.29) is 5.91 Å². The fourth-order valence-electron chi connectivity index (χ4n) is 2.73. The number of amides is 1. The van der Waals surface area contributed by atoms with Crippen molar-refractivity contribution in [1.29, 1.82) is 0 Å². The van der Waals surface area contributed by atoms with E-state index >= 15 is 0 Å². The normalized spacial score (nSPS) is 11.0. The number of hydrogen-bond acceptors (Lipinski definition) is 3. The smallest absolute Gasteiger partial charge is 0.253 e. The van der Waals surface area contributed by atoms with Crippen molar-refractivity contribution in [2.45, 2.75) is 13.5 Å². The molecule has 0 atom stereocenters. The molecule has 0 fully saturated rings. The van der Waals surface area contributed by atoms with E-state index in [0.29, 0.717) is 25.3 Å². The summed E-state index contributed by atoms with van der Waals surface area (Å²) in [7, 11) is 3.76. The predicted octanol–water partition coefficient (Wildman–Crippen LogP) is 3.17. The van der Waals surface area contributed by atoms with Crippen molar-refractivity contribution in [3.8, 4) is 0 Å². The van der Waals surface area contributed by atoms with Crippen molar-refractivity contribution in [3.05, 3.63) is 65.5 Å². The molecule has 0 spiro atoms. The monoisotopic (exact) mass is 337 g/mol. The topological polar surface area (TPSA) is 47.4 Å². The molecule has 0 saturated carbocycles. The summed E-state index contributed by atoms with van der Waals surface area (Å²) < 4.78 is 7.66. The number of carbonyl (C=O) groups excluding carboxylic acids is 1. The molecule has 1 aromatic heterocycles. The van der Waals surface area contributed by atoms with Crippen molar-refractivity contribution < 1.29 is 9.53 Å². The summed E-state index contributed by atoms with van der Waals surface area (Å²) in [5, 5.41) is 0. The van der Waals surface area contributed by atoms with Crippen LogP contribution in [0.5, 0.6) is 0 Å². The lowest BCUT2D eigenvalue weighted by Gasteiger charge is -2.17. The number of hydrogen-bond donors (Lipinski definition) is 0. The number of fused-ring (bicyclic) bond motifs is 1. The van der Waals surface area contributed by atoms with Crippen LogP contribution in [0.4, 0.5) is 0 Å². The largest absolute Gasteiger partial charge is 0.375 e. The van der Waals surface area contributed by atoms with Gasteiger partial charge in [-0.3, -0.25) is 4.79 Å². The highest BCUT2D eigenvalue weighted by Gasteiger charge is 2.14. The van der Waals surface area contributed by atoms with E-state index in [1.165, 1.54) is 0 Å². The zero-order chi connectivity index (χ0) is 17.8. The molecule has 0 aliphatic rings. The van der Waals surface area contributed by atoms with Gasteiger partial charge < -0.3 is 14.2 Å². The molecule has 1 amide bonds. The number of likely N-dealkylation sites (N-methyl/N-ethyl adjacent to an activating group) is 1. The predicted molar refractivity (Wildman–Crippen MR) is 98.5 cm³/mol. The Morgan fingerprint density at radius 2 is 1.96 bits per heavy atom. The lowest BCUT2D eigenvalue weighted by atomic mass is 10.1. The third-order valence-electron chi connectivity index (χ3n) is 4.38. The van der Waals surface area contributed by atoms with Crippen molar-refractivity contribution in [3.63, 3.8) is 0 Å². The van der Waals surface area contributed by atoms with Gasteiger partial charge in [0.1, 0.15) is 5.82 Å². The molecule has 3 aromatic rings. The highest BCUT2D eigenvalue weighted by molar-refractivity contribution is 5.97. The summed E-state index contributed by atoms with van der Waals surface area (Å²) in [6.45, 7) is 3.57. The Labute approximate surface area is 147 Å². The van der Waals surface area contributed by atoms with Gasteiger partial charge in [-0.25, -0.2) is 4.98 Å². The Hall–Kier alpha value is -2.66. The van der Waals surface area contributed by atoms with Gasteiger partial charge in [-0.1, -0.05) is 30.3 Å². The van der Waals surface area contributed by atoms with E-state index in [0.717, 1.165) is 22.4 Å². The van der Waals surface area contributed by atoms with E-state index in [9.17, 15) is 4.79 Å². The van der Waals surface area contributed by atoms with Gasteiger partial charge in [0.2, 0.25) is 0 Å². The molecular formula is C20H23N3O2. The molecular weight excluding hydrogens is 314 g/mol. The molecule has 1 heterocycles. The maximum atomic E-state index is 12.6. The van der Waals surface area contributed by atoms with Crippen molar-refractivity contribution >= 4 is 16.9 Å². The van der Waals surface area contributed by atoms with Crippen LogP contribution in [0.3, 0.4) is 0 Å². The molecule has 0 radical (unpaired) electrons. The maximum absolute atomic E-state index is 12.6. The molecule has 0 N–H and O–H groups in total. The molecule has 5 heteroatoms. The molecule has 2 aromatic carbocycles. The third kappa shape index (κ3) is 3.88. The van der Waals surface area contributed by atoms with Gasteiger partial charge in [0.15, 0.2) is 0 Å². The number of imidazole rings is 1. The maximum Gasteiger partial charge on any atom is 0.253 e. The summed E-state index contributed by atoms with van der Waals surface area (Å²) in [5.74, 6) is 0.923. The van der Waals surface area contributed by atoms with Gasteiger partial charge in [-0.2, -0.15) is 0 Å². The molecule has 5 nitrogen and oxygen atoms in total. The van der Waals surface area contributed by atoms with E-state index in [1.54, 1.807) is 11.9 Å². The standard InChI is InChI=1S/C20H23N3O2/c1-15-21-18-10-9-17(13-19(18)23(15)3)20(24)22(2)11-12-25-14-16-7-5-4-6-8-16/h4-10,13H,11-12,14H2,1-3H3. The minimum absolute atomic E-state index is 0.0101. The van der Waals surface area contributed by atoms with Crippen LogP contribution in [0.25, 0.3) is 11.0 Å². The van der Waals surface area contributed by atoms with E-state index < -0.39 is 0 Å². The zero-order valence-corrected chi connectivity index (χ0v) is 14.9. The fraction of sp³-hybridized carbons (Fsp3) is 0.300. The number of aromatic nitrogens is 2. The van der Waals surface area contributed by atoms with Crippen LogP contribution in [-0.2, 0) is 18.4 Å². The van der Waals surface area contributed by atoms with Crippen molar-refractivity contribution in [2.75, 3.05) is 20.2 Å². The molecule has 3 rings (SSSR count). The van der Waals surface area contributed by atoms with Crippen LogP contribution in [-0.4, -0.2) is 40.6 Å². The average Bonchev–Trinajstić information content (AvgIpc) is 2.92. The van der Waals surface area contributed by atoms with Gasteiger partial charge >= 0.3 is 0 Å². The second-order valence-electron chi connectivity index (χ2n) is 6.19. The molecule has 0 aliphatic heterocycles. The Balaban J connectivity index is 1.57. The summed E-state index contributed by atoms with van der Waals surface area (Å²) in [6, 6.07) is 15.7. The zero-order valence-electron chi connectivity index (χ0n) is 14.9. The van der Waals surface area contributed by atoms with Crippen LogP contribution in [0, 0.1) is 6.92 Å². The Kier molecular flexibility index (Phi) is 5.14. The number of aryl methyl sites for hydroxylation is 2. The first-order chi connectivity index (χ1) is 12.1.